The van der Waals surface area contributed by atoms with Crippen LogP contribution in [0.5, 0.6) is 0 Å². The second-order valence-corrected chi connectivity index (χ2v) is 7.38. The van der Waals surface area contributed by atoms with Gasteiger partial charge in [0.2, 0.25) is 5.89 Å². The van der Waals surface area contributed by atoms with Crippen LogP contribution < -0.4 is 10.6 Å². The highest BCUT2D eigenvalue weighted by Crippen LogP contribution is 2.25. The topological polar surface area (TPSA) is 88.8 Å². The number of oxazole rings is 1. The first-order valence-electron chi connectivity index (χ1n) is 10.2. The third-order valence-electron chi connectivity index (χ3n) is 5.20. The molecular formula is C22H31IN4O3. The molecule has 30 heavy (non-hydrogen) atoms. The Morgan fingerprint density at radius 1 is 1.23 bits per heavy atom. The number of aliphatic imine (C=N–C) groups is 1. The lowest BCUT2D eigenvalue weighted by molar-refractivity contribution is -0.149. The highest BCUT2D eigenvalue weighted by atomic mass is 127. The number of hydrogen-bond acceptors (Lipinski definition) is 5. The van der Waals surface area contributed by atoms with E-state index in [1.54, 1.807) is 13.3 Å². The molecule has 1 aliphatic carbocycles. The third-order valence-corrected chi connectivity index (χ3v) is 5.20. The van der Waals surface area contributed by atoms with Gasteiger partial charge in [0.25, 0.3) is 0 Å². The van der Waals surface area contributed by atoms with Crippen LogP contribution in [0.1, 0.15) is 43.9 Å². The lowest BCUT2D eigenvalue weighted by Gasteiger charge is -2.29. The number of carbonyl (C=O) groups excluding carboxylic acids is 1. The number of nitrogens with one attached hydrogen (secondary N) is 2. The fourth-order valence-corrected chi connectivity index (χ4v) is 3.51. The van der Waals surface area contributed by atoms with E-state index >= 15 is 0 Å². The largest absolute Gasteiger partial charge is 0.466 e. The Labute approximate surface area is 195 Å². The van der Waals surface area contributed by atoms with Gasteiger partial charge in [-0.1, -0.05) is 17.7 Å². The summed E-state index contributed by atoms with van der Waals surface area (Å²) in [6, 6.07) is 8.39. The first-order chi connectivity index (χ1) is 14.1. The van der Waals surface area contributed by atoms with Gasteiger partial charge in [0, 0.05) is 18.7 Å². The molecule has 0 spiro atoms. The number of guanidine groups is 1. The molecule has 2 N–H and O–H groups in total. The Morgan fingerprint density at radius 2 is 1.93 bits per heavy atom. The summed E-state index contributed by atoms with van der Waals surface area (Å²) in [4.78, 5) is 20.7. The molecule has 0 radical (unpaired) electrons. The number of hydrogen-bond donors (Lipinski definition) is 2. The first kappa shape index (κ1) is 24.2. The van der Waals surface area contributed by atoms with E-state index in [2.05, 4.69) is 27.5 Å². The second kappa shape index (κ2) is 11.9. The standard InChI is InChI=1S/C22H30N4O3.HI/c1-4-28-21(27)17-9-11-18(12-10-17)26-22(23-3)24-13-19-14-29-20(25-19)16-7-5-15(2)6-8-16;/h5-8,14,17-18H,4,9-13H2,1-3H3,(H2,23,24,26);1H. The van der Waals surface area contributed by atoms with Crippen molar-refractivity contribution in [3.05, 3.63) is 41.8 Å². The lowest BCUT2D eigenvalue weighted by atomic mass is 9.86. The Balaban J connectivity index is 0.00000320. The minimum Gasteiger partial charge on any atom is -0.466 e. The van der Waals surface area contributed by atoms with E-state index in [0.717, 1.165) is 42.9 Å². The molecule has 164 valence electrons. The average Bonchev–Trinajstić information content (AvgIpc) is 3.21. The zero-order valence-corrected chi connectivity index (χ0v) is 20.1. The number of esters is 1. The lowest BCUT2D eigenvalue weighted by Crippen LogP contribution is -2.45. The van der Waals surface area contributed by atoms with Gasteiger partial charge in [0.15, 0.2) is 5.96 Å². The highest BCUT2D eigenvalue weighted by molar-refractivity contribution is 14.0. The molecule has 0 aliphatic heterocycles. The molecule has 3 rings (SSSR count). The normalized spacial score (nSPS) is 19.0. The summed E-state index contributed by atoms with van der Waals surface area (Å²) >= 11 is 0. The van der Waals surface area contributed by atoms with Crippen molar-refractivity contribution >= 4 is 35.9 Å². The van der Waals surface area contributed by atoms with Crippen LogP contribution in [-0.4, -0.2) is 36.6 Å². The van der Waals surface area contributed by atoms with Gasteiger partial charge in [-0.25, -0.2) is 4.98 Å². The van der Waals surface area contributed by atoms with Gasteiger partial charge in [-0.2, -0.15) is 0 Å². The van der Waals surface area contributed by atoms with Gasteiger partial charge in [-0.05, 0) is 51.7 Å². The van der Waals surface area contributed by atoms with Crippen LogP contribution in [-0.2, 0) is 16.1 Å². The zero-order chi connectivity index (χ0) is 20.6. The van der Waals surface area contributed by atoms with Gasteiger partial charge < -0.3 is 19.8 Å². The summed E-state index contributed by atoms with van der Waals surface area (Å²) in [7, 11) is 1.75. The molecule has 1 heterocycles. The predicted octanol–water partition coefficient (Wildman–Crippen LogP) is 4.05. The molecular weight excluding hydrogens is 495 g/mol. The number of aromatic nitrogens is 1. The number of nitrogens with zero attached hydrogens (tertiary/aromatic N) is 2. The quantitative estimate of drug-likeness (QED) is 0.256. The molecule has 0 bridgehead atoms. The molecule has 1 aliphatic rings. The summed E-state index contributed by atoms with van der Waals surface area (Å²) < 4.78 is 10.7. The van der Waals surface area contributed by atoms with Crippen molar-refractivity contribution in [2.75, 3.05) is 13.7 Å². The maximum Gasteiger partial charge on any atom is 0.308 e. The predicted molar refractivity (Wildman–Crippen MR) is 128 cm³/mol. The highest BCUT2D eigenvalue weighted by Gasteiger charge is 2.27. The number of rotatable bonds is 6. The summed E-state index contributed by atoms with van der Waals surface area (Å²) in [6.45, 7) is 4.87. The minimum absolute atomic E-state index is 0. The monoisotopic (exact) mass is 526 g/mol. The van der Waals surface area contributed by atoms with Crippen LogP contribution in [0, 0.1) is 12.8 Å². The number of carbonyl (C=O) groups is 1. The van der Waals surface area contributed by atoms with Crippen molar-refractivity contribution in [1.29, 1.82) is 0 Å². The fourth-order valence-electron chi connectivity index (χ4n) is 3.51. The Kier molecular flexibility index (Phi) is 9.61. The van der Waals surface area contributed by atoms with Gasteiger partial charge >= 0.3 is 5.97 Å². The van der Waals surface area contributed by atoms with Crippen LogP contribution in [0.2, 0.25) is 0 Å². The molecule has 0 atom stereocenters. The fraction of sp³-hybridized carbons (Fsp3) is 0.500. The minimum atomic E-state index is -0.0659. The Hall–Kier alpha value is -2.10. The number of halogens is 1. The van der Waals surface area contributed by atoms with Crippen molar-refractivity contribution in [3.63, 3.8) is 0 Å². The van der Waals surface area contributed by atoms with Crippen LogP contribution in [0.4, 0.5) is 0 Å². The maximum atomic E-state index is 11.9. The van der Waals surface area contributed by atoms with E-state index in [1.165, 1.54) is 5.56 Å². The summed E-state index contributed by atoms with van der Waals surface area (Å²) in [5.74, 6) is 1.30. The van der Waals surface area contributed by atoms with Crippen molar-refractivity contribution in [3.8, 4) is 11.5 Å². The van der Waals surface area contributed by atoms with Crippen LogP contribution in [0.25, 0.3) is 11.5 Å². The van der Waals surface area contributed by atoms with E-state index < -0.39 is 0 Å². The molecule has 1 saturated carbocycles. The van der Waals surface area contributed by atoms with E-state index in [9.17, 15) is 4.79 Å². The zero-order valence-electron chi connectivity index (χ0n) is 17.8. The van der Waals surface area contributed by atoms with Crippen LogP contribution in [0.15, 0.2) is 39.9 Å². The van der Waals surface area contributed by atoms with E-state index in [1.807, 2.05) is 31.2 Å². The van der Waals surface area contributed by atoms with Crippen molar-refractivity contribution in [2.24, 2.45) is 10.9 Å². The molecule has 0 amide bonds. The first-order valence-corrected chi connectivity index (χ1v) is 10.2. The Bertz CT molecular complexity index is 827. The van der Waals surface area contributed by atoms with E-state index in [0.29, 0.717) is 25.1 Å². The smallest absolute Gasteiger partial charge is 0.308 e. The maximum absolute atomic E-state index is 11.9. The summed E-state index contributed by atoms with van der Waals surface area (Å²) in [6.07, 6.45) is 5.20. The van der Waals surface area contributed by atoms with Gasteiger partial charge in [-0.15, -0.1) is 24.0 Å². The van der Waals surface area contributed by atoms with E-state index in [-0.39, 0.29) is 35.9 Å². The molecule has 7 nitrogen and oxygen atoms in total. The van der Waals surface area contributed by atoms with Crippen molar-refractivity contribution in [1.82, 2.24) is 15.6 Å². The molecule has 8 heteroatoms. The van der Waals surface area contributed by atoms with Gasteiger partial charge in [0.1, 0.15) is 6.26 Å². The van der Waals surface area contributed by atoms with Gasteiger partial charge in [0.05, 0.1) is 24.8 Å². The molecule has 0 saturated heterocycles. The van der Waals surface area contributed by atoms with Gasteiger partial charge in [-0.3, -0.25) is 9.79 Å². The van der Waals surface area contributed by atoms with Crippen molar-refractivity contribution in [2.45, 2.75) is 52.1 Å². The Morgan fingerprint density at radius 3 is 2.57 bits per heavy atom. The van der Waals surface area contributed by atoms with Crippen LogP contribution >= 0.6 is 24.0 Å². The average molecular weight is 526 g/mol. The van der Waals surface area contributed by atoms with Crippen LogP contribution in [0.3, 0.4) is 0 Å². The second-order valence-electron chi connectivity index (χ2n) is 7.38. The van der Waals surface area contributed by atoms with E-state index in [4.69, 9.17) is 9.15 Å². The molecule has 1 fully saturated rings. The summed E-state index contributed by atoms with van der Waals surface area (Å²) in [5.41, 5.74) is 2.98. The number of ether oxygens (including phenoxy) is 1. The van der Waals surface area contributed by atoms with Crippen molar-refractivity contribution < 1.29 is 13.9 Å². The molecule has 2 aromatic rings. The number of benzene rings is 1. The molecule has 1 aromatic heterocycles. The SMILES string of the molecule is CCOC(=O)C1CCC(NC(=NC)NCc2coc(-c3ccc(C)cc3)n2)CC1.I. The summed E-state index contributed by atoms with van der Waals surface area (Å²) in [5, 5.41) is 6.73. The third kappa shape index (κ3) is 6.72. The molecule has 1 aromatic carbocycles. The molecule has 0 unspecified atom stereocenters. The number of aryl methyl sites for hydroxylation is 1.